The highest BCUT2D eigenvalue weighted by atomic mass is 19.1. The summed E-state index contributed by atoms with van der Waals surface area (Å²) in [5.74, 6) is 0.562. The SMILES string of the molecule is CCCC[C@H](F)COc1ccc(-c2ncc(-c3ccc(OC(=O)[C@@](C)(F)CCCC)cc3)cn2)cc1. The van der Waals surface area contributed by atoms with Crippen LogP contribution in [0.2, 0.25) is 0 Å². The molecule has 0 unspecified atom stereocenters. The van der Waals surface area contributed by atoms with Crippen molar-refractivity contribution in [2.45, 2.75) is 71.1 Å². The molecule has 3 rings (SSSR count). The van der Waals surface area contributed by atoms with E-state index in [0.29, 0.717) is 24.4 Å². The van der Waals surface area contributed by atoms with Crippen LogP contribution in [0.25, 0.3) is 22.5 Å². The summed E-state index contributed by atoms with van der Waals surface area (Å²) >= 11 is 0. The molecule has 0 bridgehead atoms. The van der Waals surface area contributed by atoms with Gasteiger partial charge in [0, 0.05) is 23.5 Å². The number of hydrogen-bond acceptors (Lipinski definition) is 5. The standard InChI is InChI=1S/C29H34F2N2O3/c1-4-6-8-24(30)20-35-25-13-11-22(12-14-25)27-32-18-23(19-33-27)21-9-15-26(16-10-21)36-28(34)29(3,31)17-7-5-2/h9-16,18-19,24H,4-8,17,20H2,1-3H3/t24-,29-/m0/s1. The lowest BCUT2D eigenvalue weighted by Gasteiger charge is -2.18. The van der Waals surface area contributed by atoms with E-state index in [2.05, 4.69) is 9.97 Å². The van der Waals surface area contributed by atoms with Crippen LogP contribution in [0.15, 0.2) is 60.9 Å². The quantitative estimate of drug-likeness (QED) is 0.181. The summed E-state index contributed by atoms with van der Waals surface area (Å²) < 4.78 is 39.0. The maximum Gasteiger partial charge on any atom is 0.348 e. The van der Waals surface area contributed by atoms with Crippen molar-refractivity contribution >= 4 is 5.97 Å². The van der Waals surface area contributed by atoms with Crippen molar-refractivity contribution in [3.8, 4) is 34.0 Å². The molecule has 36 heavy (non-hydrogen) atoms. The van der Waals surface area contributed by atoms with E-state index in [-0.39, 0.29) is 18.8 Å². The van der Waals surface area contributed by atoms with E-state index < -0.39 is 17.8 Å². The predicted molar refractivity (Wildman–Crippen MR) is 137 cm³/mol. The molecular weight excluding hydrogens is 462 g/mol. The van der Waals surface area contributed by atoms with Gasteiger partial charge in [0.25, 0.3) is 0 Å². The highest BCUT2D eigenvalue weighted by Gasteiger charge is 2.34. The fourth-order valence-corrected chi connectivity index (χ4v) is 3.56. The Morgan fingerprint density at radius 2 is 1.47 bits per heavy atom. The number of rotatable bonds is 13. The summed E-state index contributed by atoms with van der Waals surface area (Å²) in [7, 11) is 0. The van der Waals surface area contributed by atoms with Crippen LogP contribution in [0.3, 0.4) is 0 Å². The topological polar surface area (TPSA) is 61.3 Å². The van der Waals surface area contributed by atoms with Crippen molar-refractivity contribution in [3.63, 3.8) is 0 Å². The van der Waals surface area contributed by atoms with Gasteiger partial charge in [-0.1, -0.05) is 45.2 Å². The number of nitrogens with zero attached hydrogens (tertiary/aromatic N) is 2. The number of benzene rings is 2. The second-order valence-electron chi connectivity index (χ2n) is 9.09. The van der Waals surface area contributed by atoms with Gasteiger partial charge in [-0.3, -0.25) is 0 Å². The van der Waals surface area contributed by atoms with Crippen LogP contribution >= 0.6 is 0 Å². The Morgan fingerprint density at radius 1 is 0.889 bits per heavy atom. The third kappa shape index (κ3) is 7.83. The maximum absolute atomic E-state index is 14.5. The molecule has 5 nitrogen and oxygen atoms in total. The Kier molecular flexibility index (Phi) is 9.91. The summed E-state index contributed by atoms with van der Waals surface area (Å²) in [6.07, 6.45) is 6.35. The van der Waals surface area contributed by atoms with Crippen molar-refractivity contribution in [1.29, 1.82) is 0 Å². The minimum atomic E-state index is -2.01. The zero-order valence-corrected chi connectivity index (χ0v) is 21.2. The zero-order valence-electron chi connectivity index (χ0n) is 21.2. The van der Waals surface area contributed by atoms with Gasteiger partial charge in [0.15, 0.2) is 5.82 Å². The van der Waals surface area contributed by atoms with Crippen LogP contribution < -0.4 is 9.47 Å². The van der Waals surface area contributed by atoms with Crippen LogP contribution in [-0.4, -0.2) is 34.4 Å². The molecule has 0 saturated heterocycles. The second kappa shape index (κ2) is 13.1. The Bertz CT molecular complexity index is 1090. The third-order valence-electron chi connectivity index (χ3n) is 5.89. The molecular formula is C29H34F2N2O3. The number of aromatic nitrogens is 2. The Hall–Kier alpha value is -3.35. The van der Waals surface area contributed by atoms with Crippen LogP contribution in [0, 0.1) is 0 Å². The zero-order chi connectivity index (χ0) is 26.0. The van der Waals surface area contributed by atoms with E-state index in [0.717, 1.165) is 36.0 Å². The smallest absolute Gasteiger partial charge is 0.348 e. The first-order valence-electron chi connectivity index (χ1n) is 12.5. The van der Waals surface area contributed by atoms with E-state index in [9.17, 15) is 13.6 Å². The van der Waals surface area contributed by atoms with Gasteiger partial charge in [-0.15, -0.1) is 0 Å². The first-order chi connectivity index (χ1) is 17.3. The van der Waals surface area contributed by atoms with E-state index in [1.54, 1.807) is 48.8 Å². The normalized spacial score (nSPS) is 13.6. The van der Waals surface area contributed by atoms with Gasteiger partial charge in [-0.25, -0.2) is 23.5 Å². The number of esters is 1. The minimum absolute atomic E-state index is 0.0501. The molecule has 2 atom stereocenters. The van der Waals surface area contributed by atoms with Crippen molar-refractivity contribution in [3.05, 3.63) is 60.9 Å². The monoisotopic (exact) mass is 496 g/mol. The van der Waals surface area contributed by atoms with Crippen LogP contribution in [0.4, 0.5) is 8.78 Å². The van der Waals surface area contributed by atoms with E-state index >= 15 is 0 Å². The molecule has 0 amide bonds. The molecule has 0 spiro atoms. The number of carbonyl (C=O) groups is 1. The summed E-state index contributed by atoms with van der Waals surface area (Å²) in [4.78, 5) is 21.0. The number of carbonyl (C=O) groups excluding carboxylic acids is 1. The number of halogens is 2. The molecule has 1 heterocycles. The lowest BCUT2D eigenvalue weighted by atomic mass is 10.0. The van der Waals surface area contributed by atoms with Gasteiger partial charge in [-0.2, -0.15) is 0 Å². The molecule has 0 N–H and O–H groups in total. The minimum Gasteiger partial charge on any atom is -0.491 e. The second-order valence-corrected chi connectivity index (χ2v) is 9.09. The molecule has 0 aliphatic rings. The number of alkyl halides is 2. The van der Waals surface area contributed by atoms with Crippen molar-refractivity contribution in [1.82, 2.24) is 9.97 Å². The molecule has 0 fully saturated rings. The average Bonchev–Trinajstić information content (AvgIpc) is 2.90. The van der Waals surface area contributed by atoms with Crippen molar-refractivity contribution < 1.29 is 23.0 Å². The lowest BCUT2D eigenvalue weighted by Crippen LogP contribution is -2.34. The Morgan fingerprint density at radius 3 is 2.08 bits per heavy atom. The van der Waals surface area contributed by atoms with Gasteiger partial charge in [0.05, 0.1) is 0 Å². The highest BCUT2D eigenvalue weighted by Crippen LogP contribution is 2.26. The summed E-state index contributed by atoms with van der Waals surface area (Å²) in [5, 5.41) is 0. The van der Waals surface area contributed by atoms with E-state index in [4.69, 9.17) is 9.47 Å². The molecule has 3 aromatic rings. The van der Waals surface area contributed by atoms with Gasteiger partial charge in [0.1, 0.15) is 24.3 Å². The Balaban J connectivity index is 1.58. The van der Waals surface area contributed by atoms with Gasteiger partial charge in [-0.05, 0) is 68.1 Å². The first kappa shape index (κ1) is 27.2. The molecule has 0 aliphatic heterocycles. The van der Waals surface area contributed by atoms with Crippen molar-refractivity contribution in [2.75, 3.05) is 6.61 Å². The number of hydrogen-bond donors (Lipinski definition) is 0. The van der Waals surface area contributed by atoms with Gasteiger partial charge in [0.2, 0.25) is 5.67 Å². The largest absolute Gasteiger partial charge is 0.491 e. The maximum atomic E-state index is 14.5. The van der Waals surface area contributed by atoms with Crippen LogP contribution in [-0.2, 0) is 4.79 Å². The molecule has 0 aliphatic carbocycles. The summed E-state index contributed by atoms with van der Waals surface area (Å²) in [6, 6.07) is 14.0. The summed E-state index contributed by atoms with van der Waals surface area (Å²) in [6.45, 7) is 5.29. The highest BCUT2D eigenvalue weighted by molar-refractivity contribution is 5.81. The lowest BCUT2D eigenvalue weighted by molar-refractivity contribution is -0.147. The fraction of sp³-hybridized carbons (Fsp3) is 0.414. The summed E-state index contributed by atoms with van der Waals surface area (Å²) in [5.41, 5.74) is 0.433. The van der Waals surface area contributed by atoms with Gasteiger partial charge >= 0.3 is 5.97 Å². The predicted octanol–water partition coefficient (Wildman–Crippen LogP) is 7.54. The van der Waals surface area contributed by atoms with E-state index in [1.165, 1.54) is 6.92 Å². The molecule has 0 saturated carbocycles. The van der Waals surface area contributed by atoms with Crippen LogP contribution in [0.5, 0.6) is 11.5 Å². The third-order valence-corrected chi connectivity index (χ3v) is 5.89. The molecule has 7 heteroatoms. The van der Waals surface area contributed by atoms with Crippen molar-refractivity contribution in [2.24, 2.45) is 0 Å². The Labute approximate surface area is 211 Å². The molecule has 2 aromatic carbocycles. The average molecular weight is 497 g/mol. The number of ether oxygens (including phenoxy) is 2. The first-order valence-corrected chi connectivity index (χ1v) is 12.5. The molecule has 192 valence electrons. The number of unbranched alkanes of at least 4 members (excludes halogenated alkanes) is 2. The molecule has 0 radical (unpaired) electrons. The fourth-order valence-electron chi connectivity index (χ4n) is 3.56. The van der Waals surface area contributed by atoms with Gasteiger partial charge < -0.3 is 9.47 Å². The molecule has 1 aromatic heterocycles. The van der Waals surface area contributed by atoms with E-state index in [1.807, 2.05) is 26.0 Å². The van der Waals surface area contributed by atoms with Crippen LogP contribution in [0.1, 0.15) is 59.3 Å².